The topological polar surface area (TPSA) is 34.9 Å². The van der Waals surface area contributed by atoms with Crippen molar-refractivity contribution in [2.24, 2.45) is 0 Å². The normalized spacial score (nSPS) is 11.2. The standard InChI is InChI=1S/C17H15FN2O/c1-11(2)16-14-8-3-4-9-15(14)17(21)20(19-16)13-7-5-6-12(18)10-13/h3-11H,1-2H3. The number of hydrogen-bond acceptors (Lipinski definition) is 2. The van der Waals surface area contributed by atoms with Gasteiger partial charge in [0, 0.05) is 5.39 Å². The average molecular weight is 282 g/mol. The fourth-order valence-electron chi connectivity index (χ4n) is 2.42. The number of hydrogen-bond donors (Lipinski definition) is 0. The van der Waals surface area contributed by atoms with Crippen LogP contribution in [0, 0.1) is 5.82 Å². The molecule has 3 aromatic rings. The lowest BCUT2D eigenvalue weighted by Crippen LogP contribution is -2.23. The largest absolute Gasteiger partial charge is 0.279 e. The smallest absolute Gasteiger partial charge is 0.267 e. The monoisotopic (exact) mass is 282 g/mol. The van der Waals surface area contributed by atoms with E-state index in [1.165, 1.54) is 16.8 Å². The molecule has 2 aromatic carbocycles. The molecule has 4 heteroatoms. The fraction of sp³-hybridized carbons (Fsp3) is 0.176. The van der Waals surface area contributed by atoms with Crippen LogP contribution in [-0.4, -0.2) is 9.78 Å². The van der Waals surface area contributed by atoms with Crippen molar-refractivity contribution >= 4 is 10.8 Å². The second-order valence-electron chi connectivity index (χ2n) is 5.28. The molecule has 0 unspecified atom stereocenters. The molecular formula is C17H15FN2O. The van der Waals surface area contributed by atoms with Crippen molar-refractivity contribution in [1.29, 1.82) is 0 Å². The summed E-state index contributed by atoms with van der Waals surface area (Å²) in [7, 11) is 0. The Morgan fingerprint density at radius 2 is 1.76 bits per heavy atom. The Morgan fingerprint density at radius 3 is 2.43 bits per heavy atom. The summed E-state index contributed by atoms with van der Waals surface area (Å²) in [5.41, 5.74) is 1.03. The Morgan fingerprint density at radius 1 is 1.05 bits per heavy atom. The van der Waals surface area contributed by atoms with Crippen LogP contribution in [-0.2, 0) is 0 Å². The van der Waals surface area contributed by atoms with Crippen molar-refractivity contribution in [2.45, 2.75) is 19.8 Å². The molecule has 0 saturated heterocycles. The van der Waals surface area contributed by atoms with Gasteiger partial charge in [0.05, 0.1) is 16.8 Å². The van der Waals surface area contributed by atoms with Crippen molar-refractivity contribution < 1.29 is 4.39 Å². The molecule has 1 aromatic heterocycles. The molecule has 0 aliphatic rings. The van der Waals surface area contributed by atoms with E-state index in [2.05, 4.69) is 5.10 Å². The van der Waals surface area contributed by atoms with E-state index in [1.807, 2.05) is 32.0 Å². The van der Waals surface area contributed by atoms with Crippen LogP contribution in [0.25, 0.3) is 16.5 Å². The van der Waals surface area contributed by atoms with Gasteiger partial charge in [-0.05, 0) is 30.2 Å². The first-order valence-corrected chi connectivity index (χ1v) is 6.86. The van der Waals surface area contributed by atoms with Crippen LogP contribution in [0.2, 0.25) is 0 Å². The molecule has 0 radical (unpaired) electrons. The molecule has 106 valence electrons. The van der Waals surface area contributed by atoms with Gasteiger partial charge < -0.3 is 0 Å². The van der Waals surface area contributed by atoms with Crippen LogP contribution in [0.4, 0.5) is 4.39 Å². The van der Waals surface area contributed by atoms with Gasteiger partial charge in [-0.3, -0.25) is 4.79 Å². The van der Waals surface area contributed by atoms with Crippen LogP contribution in [0.3, 0.4) is 0 Å². The van der Waals surface area contributed by atoms with E-state index >= 15 is 0 Å². The van der Waals surface area contributed by atoms with Gasteiger partial charge in [0.1, 0.15) is 5.82 Å². The number of rotatable bonds is 2. The lowest BCUT2D eigenvalue weighted by atomic mass is 10.0. The third-order valence-corrected chi connectivity index (χ3v) is 3.43. The third-order valence-electron chi connectivity index (χ3n) is 3.43. The van der Waals surface area contributed by atoms with E-state index in [4.69, 9.17) is 0 Å². The molecule has 3 nitrogen and oxygen atoms in total. The van der Waals surface area contributed by atoms with Crippen molar-refractivity contribution in [3.63, 3.8) is 0 Å². The Hall–Kier alpha value is -2.49. The van der Waals surface area contributed by atoms with Crippen LogP contribution >= 0.6 is 0 Å². The highest BCUT2D eigenvalue weighted by molar-refractivity contribution is 5.84. The predicted molar refractivity (Wildman–Crippen MR) is 81.4 cm³/mol. The molecule has 0 fully saturated rings. The Bertz CT molecular complexity index is 868. The van der Waals surface area contributed by atoms with E-state index in [-0.39, 0.29) is 17.3 Å². The van der Waals surface area contributed by atoms with Gasteiger partial charge in [0.2, 0.25) is 0 Å². The molecule has 0 bridgehead atoms. The number of halogens is 1. The third kappa shape index (κ3) is 2.33. The minimum absolute atomic E-state index is 0.162. The zero-order valence-electron chi connectivity index (χ0n) is 11.9. The maximum atomic E-state index is 13.4. The highest BCUT2D eigenvalue weighted by atomic mass is 19.1. The molecule has 0 atom stereocenters. The summed E-state index contributed by atoms with van der Waals surface area (Å²) in [5.74, 6) is -0.226. The van der Waals surface area contributed by atoms with Crippen molar-refractivity contribution in [3.05, 3.63) is 70.4 Å². The molecule has 3 rings (SSSR count). The fourth-order valence-corrected chi connectivity index (χ4v) is 2.42. The van der Waals surface area contributed by atoms with E-state index < -0.39 is 0 Å². The zero-order chi connectivity index (χ0) is 15.0. The lowest BCUT2D eigenvalue weighted by Gasteiger charge is -2.13. The summed E-state index contributed by atoms with van der Waals surface area (Å²) in [6, 6.07) is 13.3. The van der Waals surface area contributed by atoms with Crippen LogP contribution in [0.1, 0.15) is 25.5 Å². The SMILES string of the molecule is CC(C)c1nn(-c2cccc(F)c2)c(=O)c2ccccc12. The molecule has 0 N–H and O–H groups in total. The maximum absolute atomic E-state index is 13.4. The predicted octanol–water partition coefficient (Wildman–Crippen LogP) is 3.65. The summed E-state index contributed by atoms with van der Waals surface area (Å²) < 4.78 is 14.7. The Kier molecular flexibility index (Phi) is 3.29. The first-order valence-electron chi connectivity index (χ1n) is 6.86. The van der Waals surface area contributed by atoms with Gasteiger partial charge in [0.15, 0.2) is 0 Å². The van der Waals surface area contributed by atoms with Crippen molar-refractivity contribution in [1.82, 2.24) is 9.78 Å². The molecule has 1 heterocycles. The second kappa shape index (κ2) is 5.13. The second-order valence-corrected chi connectivity index (χ2v) is 5.28. The minimum Gasteiger partial charge on any atom is -0.267 e. The number of fused-ring (bicyclic) bond motifs is 1. The summed E-state index contributed by atoms with van der Waals surface area (Å²) in [6.07, 6.45) is 0. The summed E-state index contributed by atoms with van der Waals surface area (Å²) in [5, 5.41) is 5.90. The van der Waals surface area contributed by atoms with Gasteiger partial charge in [-0.2, -0.15) is 9.78 Å². The highest BCUT2D eigenvalue weighted by Gasteiger charge is 2.13. The van der Waals surface area contributed by atoms with E-state index in [9.17, 15) is 9.18 Å². The van der Waals surface area contributed by atoms with Crippen molar-refractivity contribution in [2.75, 3.05) is 0 Å². The van der Waals surface area contributed by atoms with E-state index in [1.54, 1.807) is 18.2 Å². The molecule has 0 aliphatic carbocycles. The van der Waals surface area contributed by atoms with Crippen molar-refractivity contribution in [3.8, 4) is 5.69 Å². The minimum atomic E-state index is -0.388. The van der Waals surface area contributed by atoms with Gasteiger partial charge >= 0.3 is 0 Å². The van der Waals surface area contributed by atoms with E-state index in [0.29, 0.717) is 11.1 Å². The number of aromatic nitrogens is 2. The number of nitrogens with zero attached hydrogens (tertiary/aromatic N) is 2. The van der Waals surface area contributed by atoms with Crippen LogP contribution < -0.4 is 5.56 Å². The molecule has 21 heavy (non-hydrogen) atoms. The van der Waals surface area contributed by atoms with Crippen LogP contribution in [0.15, 0.2) is 53.3 Å². The molecule has 0 saturated carbocycles. The average Bonchev–Trinajstić information content (AvgIpc) is 2.47. The molecule has 0 aliphatic heterocycles. The highest BCUT2D eigenvalue weighted by Crippen LogP contribution is 2.21. The summed E-state index contributed by atoms with van der Waals surface area (Å²) >= 11 is 0. The first kappa shape index (κ1) is 13.5. The summed E-state index contributed by atoms with van der Waals surface area (Å²) in [6.45, 7) is 4.05. The Labute approximate surface area is 121 Å². The molecule has 0 spiro atoms. The van der Waals surface area contributed by atoms with E-state index in [0.717, 1.165) is 11.1 Å². The first-order chi connectivity index (χ1) is 10.1. The van der Waals surface area contributed by atoms with Gasteiger partial charge in [-0.15, -0.1) is 0 Å². The quantitative estimate of drug-likeness (QED) is 0.719. The number of benzene rings is 2. The molecular weight excluding hydrogens is 267 g/mol. The van der Waals surface area contributed by atoms with Gasteiger partial charge in [0.25, 0.3) is 5.56 Å². The molecule has 0 amide bonds. The summed E-state index contributed by atoms with van der Waals surface area (Å²) in [4.78, 5) is 12.6. The van der Waals surface area contributed by atoms with Gasteiger partial charge in [-0.25, -0.2) is 4.39 Å². The lowest BCUT2D eigenvalue weighted by molar-refractivity contribution is 0.623. The maximum Gasteiger partial charge on any atom is 0.279 e. The zero-order valence-corrected chi connectivity index (χ0v) is 11.9. The van der Waals surface area contributed by atoms with Gasteiger partial charge in [-0.1, -0.05) is 38.1 Å². The Balaban J connectivity index is 2.39. The van der Waals surface area contributed by atoms with Crippen LogP contribution in [0.5, 0.6) is 0 Å².